The van der Waals surface area contributed by atoms with E-state index in [1.165, 1.54) is 0 Å². The van der Waals surface area contributed by atoms with Crippen LogP contribution in [0.3, 0.4) is 0 Å². The molecule has 1 heterocycles. The lowest BCUT2D eigenvalue weighted by Gasteiger charge is -2.50. The van der Waals surface area contributed by atoms with Gasteiger partial charge in [0.15, 0.2) is 0 Å². The molecule has 31 heavy (non-hydrogen) atoms. The SMILES string of the molecule is C=C(/C=C/c1ccccc1)[C@@H]1C[C@H](C(C)C)N1S(=O)(=O)c1c(C)cc(OC)c(C)c1C. The van der Waals surface area contributed by atoms with Crippen LogP contribution in [0, 0.1) is 26.7 Å². The minimum Gasteiger partial charge on any atom is -0.496 e. The maximum Gasteiger partial charge on any atom is 0.244 e. The lowest BCUT2D eigenvalue weighted by molar-refractivity contribution is 0.0993. The van der Waals surface area contributed by atoms with Crippen LogP contribution in [0.5, 0.6) is 5.75 Å². The third-order valence-corrected chi connectivity index (χ3v) is 8.54. The number of rotatable bonds is 7. The monoisotopic (exact) mass is 439 g/mol. The van der Waals surface area contributed by atoms with Gasteiger partial charge in [0.05, 0.1) is 18.0 Å². The Morgan fingerprint density at radius 3 is 2.39 bits per heavy atom. The predicted molar refractivity (Wildman–Crippen MR) is 128 cm³/mol. The summed E-state index contributed by atoms with van der Waals surface area (Å²) >= 11 is 0. The lowest BCUT2D eigenvalue weighted by Crippen LogP contribution is -2.60. The van der Waals surface area contributed by atoms with E-state index >= 15 is 0 Å². The van der Waals surface area contributed by atoms with Crippen LogP contribution in [0.25, 0.3) is 6.08 Å². The van der Waals surface area contributed by atoms with E-state index in [4.69, 9.17) is 4.74 Å². The number of benzene rings is 2. The van der Waals surface area contributed by atoms with Gasteiger partial charge in [-0.3, -0.25) is 0 Å². The fourth-order valence-electron chi connectivity index (χ4n) is 4.37. The molecule has 0 aromatic heterocycles. The van der Waals surface area contributed by atoms with Gasteiger partial charge in [0.2, 0.25) is 10.0 Å². The normalized spacial score (nSPS) is 19.6. The summed E-state index contributed by atoms with van der Waals surface area (Å²) in [4.78, 5) is 0.390. The van der Waals surface area contributed by atoms with E-state index in [0.717, 1.165) is 28.7 Å². The molecule has 4 nitrogen and oxygen atoms in total. The van der Waals surface area contributed by atoms with Crippen LogP contribution in [0.1, 0.15) is 42.5 Å². The van der Waals surface area contributed by atoms with Gasteiger partial charge in [-0.1, -0.05) is 62.9 Å². The molecule has 1 fully saturated rings. The summed E-state index contributed by atoms with van der Waals surface area (Å²) in [6.07, 6.45) is 4.71. The molecule has 0 N–H and O–H groups in total. The Hall–Kier alpha value is -2.37. The van der Waals surface area contributed by atoms with E-state index in [1.807, 2.05) is 69.3 Å². The van der Waals surface area contributed by atoms with Gasteiger partial charge < -0.3 is 4.74 Å². The van der Waals surface area contributed by atoms with E-state index in [1.54, 1.807) is 11.4 Å². The Labute approximate surface area is 187 Å². The molecule has 0 radical (unpaired) electrons. The third kappa shape index (κ3) is 4.35. The Balaban J connectivity index is 2.00. The van der Waals surface area contributed by atoms with Crippen molar-refractivity contribution in [1.82, 2.24) is 4.31 Å². The van der Waals surface area contributed by atoms with Crippen LogP contribution >= 0.6 is 0 Å². The highest BCUT2D eigenvalue weighted by molar-refractivity contribution is 7.89. The second-order valence-corrected chi connectivity index (χ2v) is 10.5. The zero-order chi connectivity index (χ0) is 22.9. The smallest absolute Gasteiger partial charge is 0.244 e. The van der Waals surface area contributed by atoms with Gasteiger partial charge >= 0.3 is 0 Å². The van der Waals surface area contributed by atoms with E-state index < -0.39 is 10.0 Å². The highest BCUT2D eigenvalue weighted by Gasteiger charge is 2.49. The topological polar surface area (TPSA) is 46.6 Å². The summed E-state index contributed by atoms with van der Waals surface area (Å²) in [5, 5.41) is 0. The zero-order valence-electron chi connectivity index (χ0n) is 19.3. The first-order valence-electron chi connectivity index (χ1n) is 10.7. The minimum absolute atomic E-state index is 0.0434. The Morgan fingerprint density at radius 2 is 1.81 bits per heavy atom. The van der Waals surface area contributed by atoms with Crippen LogP contribution in [-0.4, -0.2) is 31.9 Å². The molecule has 0 aliphatic carbocycles. The summed E-state index contributed by atoms with van der Waals surface area (Å²) in [5.74, 6) is 0.932. The number of methoxy groups -OCH3 is 1. The van der Waals surface area contributed by atoms with Gasteiger partial charge in [-0.05, 0) is 67.0 Å². The first-order valence-corrected chi connectivity index (χ1v) is 12.1. The first kappa shape index (κ1) is 23.3. The van der Waals surface area contributed by atoms with Crippen LogP contribution in [0.15, 0.2) is 59.5 Å². The molecule has 0 bridgehead atoms. The van der Waals surface area contributed by atoms with Crippen molar-refractivity contribution in [2.45, 2.75) is 58.0 Å². The molecular weight excluding hydrogens is 406 g/mol. The second-order valence-electron chi connectivity index (χ2n) is 8.69. The van der Waals surface area contributed by atoms with Crippen LogP contribution in [-0.2, 0) is 10.0 Å². The molecule has 3 rings (SSSR count). The zero-order valence-corrected chi connectivity index (χ0v) is 20.2. The van der Waals surface area contributed by atoms with Crippen LogP contribution < -0.4 is 4.74 Å². The maximum absolute atomic E-state index is 13.9. The van der Waals surface area contributed by atoms with Gasteiger partial charge in [-0.15, -0.1) is 0 Å². The molecule has 1 aliphatic heterocycles. The molecular formula is C26H33NO3S. The fourth-order valence-corrected chi connectivity index (χ4v) is 6.83. The Bertz CT molecular complexity index is 1100. The van der Waals surface area contributed by atoms with E-state index in [-0.39, 0.29) is 18.0 Å². The van der Waals surface area contributed by atoms with Crippen LogP contribution in [0.4, 0.5) is 0 Å². The van der Waals surface area contributed by atoms with Gasteiger partial charge in [-0.25, -0.2) is 8.42 Å². The molecule has 2 atom stereocenters. The van der Waals surface area contributed by atoms with E-state index in [9.17, 15) is 8.42 Å². The van der Waals surface area contributed by atoms with E-state index in [0.29, 0.717) is 16.2 Å². The summed E-state index contributed by atoms with van der Waals surface area (Å²) in [7, 11) is -2.09. The Morgan fingerprint density at radius 1 is 1.16 bits per heavy atom. The van der Waals surface area contributed by atoms with Crippen molar-refractivity contribution < 1.29 is 13.2 Å². The first-order chi connectivity index (χ1) is 14.6. The number of aryl methyl sites for hydroxylation is 1. The van der Waals surface area contributed by atoms with Crippen molar-refractivity contribution in [2.75, 3.05) is 7.11 Å². The molecule has 0 saturated carbocycles. The van der Waals surface area contributed by atoms with Crippen LogP contribution in [0.2, 0.25) is 0 Å². The fraction of sp³-hybridized carbons (Fsp3) is 0.385. The average molecular weight is 440 g/mol. The van der Waals surface area contributed by atoms with Crippen molar-refractivity contribution >= 4 is 16.1 Å². The lowest BCUT2D eigenvalue weighted by atomic mass is 9.84. The highest BCUT2D eigenvalue weighted by atomic mass is 32.2. The predicted octanol–water partition coefficient (Wildman–Crippen LogP) is 5.68. The quantitative estimate of drug-likeness (QED) is 0.522. The molecule has 1 aliphatic rings. The molecule has 5 heteroatoms. The molecule has 1 saturated heterocycles. The molecule has 0 amide bonds. The van der Waals surface area contributed by atoms with Crippen molar-refractivity contribution in [2.24, 2.45) is 5.92 Å². The number of nitrogens with zero attached hydrogens (tertiary/aromatic N) is 1. The molecule has 2 aromatic rings. The molecule has 166 valence electrons. The summed E-state index contributed by atoms with van der Waals surface area (Å²) in [5.41, 5.74) is 4.18. The second kappa shape index (κ2) is 9.01. The number of hydrogen-bond acceptors (Lipinski definition) is 3. The number of sulfonamides is 1. The van der Waals surface area contributed by atoms with Gasteiger partial charge in [0.1, 0.15) is 5.75 Å². The summed E-state index contributed by atoms with van der Waals surface area (Å²) < 4.78 is 35.0. The van der Waals surface area contributed by atoms with Gasteiger partial charge in [0.25, 0.3) is 0 Å². The van der Waals surface area contributed by atoms with Gasteiger partial charge in [0, 0.05) is 6.04 Å². The number of hydrogen-bond donors (Lipinski definition) is 0. The third-order valence-electron chi connectivity index (χ3n) is 6.32. The van der Waals surface area contributed by atoms with Crippen molar-refractivity contribution in [3.8, 4) is 5.75 Å². The maximum atomic E-state index is 13.9. The molecule has 0 unspecified atom stereocenters. The van der Waals surface area contributed by atoms with Crippen molar-refractivity contribution in [3.63, 3.8) is 0 Å². The highest BCUT2D eigenvalue weighted by Crippen LogP contribution is 2.42. The molecule has 2 aromatic carbocycles. The largest absolute Gasteiger partial charge is 0.496 e. The average Bonchev–Trinajstić information content (AvgIpc) is 2.68. The van der Waals surface area contributed by atoms with Crippen molar-refractivity contribution in [3.05, 3.63) is 76.9 Å². The Kier molecular flexibility index (Phi) is 6.77. The minimum atomic E-state index is -3.70. The molecule has 0 spiro atoms. The summed E-state index contributed by atoms with van der Waals surface area (Å²) in [6.45, 7) is 14.0. The standard InChI is InChI=1S/C26H33NO3S/c1-17(2)23-16-24(18(3)13-14-22-11-9-8-10-12-22)27(23)31(28,29)26-19(4)15-25(30-7)20(5)21(26)6/h8-15,17,23-24H,3,16H2,1-2,4-7H3/b14-13+/t23-,24+/m1/s1. The summed E-state index contributed by atoms with van der Waals surface area (Å²) in [6, 6.07) is 11.5. The number of ether oxygens (including phenoxy) is 1. The van der Waals surface area contributed by atoms with E-state index in [2.05, 4.69) is 20.4 Å². The van der Waals surface area contributed by atoms with Gasteiger partial charge in [-0.2, -0.15) is 4.31 Å². The van der Waals surface area contributed by atoms with Crippen molar-refractivity contribution in [1.29, 1.82) is 0 Å².